The summed E-state index contributed by atoms with van der Waals surface area (Å²) in [6.45, 7) is 4.73. The summed E-state index contributed by atoms with van der Waals surface area (Å²) in [5, 5.41) is 3.04. The van der Waals surface area contributed by atoms with Crippen LogP contribution >= 0.6 is 0 Å². The zero-order valence-corrected chi connectivity index (χ0v) is 18.1. The van der Waals surface area contributed by atoms with Gasteiger partial charge in [0.05, 0.1) is 18.2 Å². The summed E-state index contributed by atoms with van der Waals surface area (Å²) in [7, 11) is 0. The number of hydrogen-bond acceptors (Lipinski definition) is 4. The molecule has 0 bridgehead atoms. The Morgan fingerprint density at radius 2 is 1.81 bits per heavy atom. The van der Waals surface area contributed by atoms with Crippen molar-refractivity contribution in [2.45, 2.75) is 51.7 Å². The molecule has 164 valence electrons. The van der Waals surface area contributed by atoms with Gasteiger partial charge >= 0.3 is 0 Å². The van der Waals surface area contributed by atoms with Gasteiger partial charge in [0, 0.05) is 32.3 Å². The molecular weight excluding hydrogens is 388 g/mol. The van der Waals surface area contributed by atoms with Gasteiger partial charge < -0.3 is 10.2 Å². The summed E-state index contributed by atoms with van der Waals surface area (Å²) in [6, 6.07) is 14.2. The molecule has 2 aliphatic rings. The second kappa shape index (κ2) is 10.5. The average molecular weight is 421 g/mol. The van der Waals surface area contributed by atoms with Gasteiger partial charge in [-0.1, -0.05) is 43.2 Å². The molecule has 0 saturated carbocycles. The molecule has 6 heteroatoms. The highest BCUT2D eigenvalue weighted by molar-refractivity contribution is 5.89. The fraction of sp³-hybridized carbons (Fsp3) is 0.480. The van der Waals surface area contributed by atoms with Gasteiger partial charge in [-0.15, -0.1) is 0 Å². The number of nitrogens with one attached hydrogen (secondary N) is 1. The van der Waals surface area contributed by atoms with Crippen molar-refractivity contribution >= 4 is 11.8 Å². The van der Waals surface area contributed by atoms with Crippen molar-refractivity contribution in [1.29, 1.82) is 0 Å². The molecule has 6 nitrogen and oxygen atoms in total. The lowest BCUT2D eigenvalue weighted by Gasteiger charge is -2.20. The van der Waals surface area contributed by atoms with Crippen LogP contribution in [0.4, 0.5) is 0 Å². The average Bonchev–Trinajstić information content (AvgIpc) is 2.98. The first-order chi connectivity index (χ1) is 15.2. The Balaban J connectivity index is 1.27. The molecule has 3 heterocycles. The molecule has 1 unspecified atom stereocenters. The minimum absolute atomic E-state index is 0.0188. The number of carbonyl (C=O) groups excluding carboxylic acids is 2. The van der Waals surface area contributed by atoms with Crippen LogP contribution in [0.2, 0.25) is 0 Å². The summed E-state index contributed by atoms with van der Waals surface area (Å²) in [5.74, 6) is -0.323. The Kier molecular flexibility index (Phi) is 7.30. The van der Waals surface area contributed by atoms with Crippen molar-refractivity contribution in [2.24, 2.45) is 5.92 Å². The smallest absolute Gasteiger partial charge is 0.225 e. The molecule has 1 aromatic carbocycles. The van der Waals surface area contributed by atoms with Crippen molar-refractivity contribution < 1.29 is 9.59 Å². The van der Waals surface area contributed by atoms with Crippen LogP contribution in [0.25, 0.3) is 0 Å². The van der Waals surface area contributed by atoms with E-state index < -0.39 is 0 Å². The zero-order chi connectivity index (χ0) is 21.5. The lowest BCUT2D eigenvalue weighted by molar-refractivity contribution is -0.129. The van der Waals surface area contributed by atoms with Gasteiger partial charge in [-0.2, -0.15) is 0 Å². The number of pyridine rings is 1. The first kappa shape index (κ1) is 21.5. The Labute approximate surface area is 184 Å². The third-order valence-electron chi connectivity index (χ3n) is 6.23. The van der Waals surface area contributed by atoms with Gasteiger partial charge in [-0.3, -0.25) is 19.5 Å². The van der Waals surface area contributed by atoms with E-state index in [9.17, 15) is 9.59 Å². The van der Waals surface area contributed by atoms with E-state index in [0.717, 1.165) is 17.8 Å². The molecule has 2 aromatic rings. The normalized spacial score (nSPS) is 19.9. The van der Waals surface area contributed by atoms with Crippen LogP contribution in [0, 0.1) is 5.92 Å². The van der Waals surface area contributed by atoms with Crippen molar-refractivity contribution in [3.63, 3.8) is 0 Å². The van der Waals surface area contributed by atoms with E-state index in [4.69, 9.17) is 0 Å². The minimum atomic E-state index is -0.295. The molecule has 0 spiro atoms. The maximum absolute atomic E-state index is 12.7. The number of rotatable bonds is 7. The van der Waals surface area contributed by atoms with Gasteiger partial charge in [0.2, 0.25) is 11.8 Å². The fourth-order valence-electron chi connectivity index (χ4n) is 4.51. The third kappa shape index (κ3) is 6.14. The van der Waals surface area contributed by atoms with Crippen LogP contribution < -0.4 is 5.32 Å². The molecule has 1 N–H and O–H groups in total. The highest BCUT2D eigenvalue weighted by Crippen LogP contribution is 2.20. The Hall–Kier alpha value is -2.73. The van der Waals surface area contributed by atoms with Crippen molar-refractivity contribution in [3.8, 4) is 0 Å². The highest BCUT2D eigenvalue weighted by atomic mass is 16.2. The predicted octanol–water partition coefficient (Wildman–Crippen LogP) is 3.12. The van der Waals surface area contributed by atoms with Crippen LogP contribution in [0.3, 0.4) is 0 Å². The third-order valence-corrected chi connectivity index (χ3v) is 6.23. The monoisotopic (exact) mass is 420 g/mol. The van der Waals surface area contributed by atoms with Crippen molar-refractivity contribution in [1.82, 2.24) is 20.1 Å². The van der Waals surface area contributed by atoms with E-state index >= 15 is 0 Å². The van der Waals surface area contributed by atoms with E-state index in [0.29, 0.717) is 19.6 Å². The fourth-order valence-corrected chi connectivity index (χ4v) is 4.51. The highest BCUT2D eigenvalue weighted by Gasteiger charge is 2.34. The van der Waals surface area contributed by atoms with E-state index in [1.54, 1.807) is 11.1 Å². The first-order valence-electron chi connectivity index (χ1n) is 11.4. The molecule has 1 atom stereocenters. The molecule has 2 saturated heterocycles. The van der Waals surface area contributed by atoms with Crippen LogP contribution in [0.5, 0.6) is 0 Å². The molecule has 1 aromatic heterocycles. The summed E-state index contributed by atoms with van der Waals surface area (Å²) in [5.41, 5.74) is 3.25. The molecule has 2 fully saturated rings. The summed E-state index contributed by atoms with van der Waals surface area (Å²) >= 11 is 0. The lowest BCUT2D eigenvalue weighted by atomic mass is 10.1. The lowest BCUT2D eigenvalue weighted by Crippen LogP contribution is -2.32. The first-order valence-corrected chi connectivity index (χ1v) is 11.4. The number of hydrogen-bond donors (Lipinski definition) is 1. The Morgan fingerprint density at radius 3 is 2.58 bits per heavy atom. The van der Waals surface area contributed by atoms with Crippen molar-refractivity contribution in [3.05, 3.63) is 65.5 Å². The SMILES string of the molecule is O=C(NCc1cccc(CN2CCCCCC2)c1)C1CC(=O)N(Cc2ccccn2)C1. The number of amides is 2. The number of likely N-dealkylation sites (tertiary alicyclic amines) is 2. The van der Waals surface area contributed by atoms with Crippen LogP contribution in [0.1, 0.15) is 48.9 Å². The number of benzene rings is 1. The number of carbonyl (C=O) groups is 2. The van der Waals surface area contributed by atoms with E-state index in [-0.39, 0.29) is 24.2 Å². The van der Waals surface area contributed by atoms with Gasteiger partial charge in [-0.25, -0.2) is 0 Å². The molecule has 2 amide bonds. The largest absolute Gasteiger partial charge is 0.352 e. The second-order valence-electron chi connectivity index (χ2n) is 8.72. The summed E-state index contributed by atoms with van der Waals surface area (Å²) in [6.07, 6.45) is 7.24. The van der Waals surface area contributed by atoms with Gasteiger partial charge in [0.25, 0.3) is 0 Å². The van der Waals surface area contributed by atoms with Crippen LogP contribution in [-0.4, -0.2) is 46.2 Å². The number of aromatic nitrogens is 1. The molecule has 0 radical (unpaired) electrons. The molecule has 4 rings (SSSR count). The topological polar surface area (TPSA) is 65.5 Å². The predicted molar refractivity (Wildman–Crippen MR) is 120 cm³/mol. The summed E-state index contributed by atoms with van der Waals surface area (Å²) in [4.78, 5) is 33.6. The standard InChI is InChI=1S/C25H32N4O2/c30-24-15-22(18-29(24)19-23-10-3-4-11-26-23)25(31)27-16-20-8-7-9-21(14-20)17-28-12-5-1-2-6-13-28/h3-4,7-11,14,22H,1-2,5-6,12-13,15-19H2,(H,27,31). The van der Waals surface area contributed by atoms with E-state index in [1.165, 1.54) is 44.3 Å². The van der Waals surface area contributed by atoms with E-state index in [1.807, 2.05) is 18.2 Å². The maximum atomic E-state index is 12.7. The molecule has 0 aliphatic carbocycles. The molecule has 31 heavy (non-hydrogen) atoms. The van der Waals surface area contributed by atoms with Gasteiger partial charge in [0.1, 0.15) is 0 Å². The van der Waals surface area contributed by atoms with Crippen LogP contribution in [-0.2, 0) is 29.2 Å². The minimum Gasteiger partial charge on any atom is -0.352 e. The molecule has 2 aliphatic heterocycles. The van der Waals surface area contributed by atoms with Gasteiger partial charge in [-0.05, 0) is 49.2 Å². The zero-order valence-electron chi connectivity index (χ0n) is 18.1. The second-order valence-corrected chi connectivity index (χ2v) is 8.72. The quantitative estimate of drug-likeness (QED) is 0.747. The number of nitrogens with zero attached hydrogens (tertiary/aromatic N) is 3. The Morgan fingerprint density at radius 1 is 1.00 bits per heavy atom. The molecular formula is C25H32N4O2. The maximum Gasteiger partial charge on any atom is 0.225 e. The summed E-state index contributed by atoms with van der Waals surface area (Å²) < 4.78 is 0. The Bertz CT molecular complexity index is 878. The van der Waals surface area contributed by atoms with Gasteiger partial charge in [0.15, 0.2) is 0 Å². The van der Waals surface area contributed by atoms with Crippen LogP contribution in [0.15, 0.2) is 48.7 Å². The van der Waals surface area contributed by atoms with Crippen molar-refractivity contribution in [2.75, 3.05) is 19.6 Å². The van der Waals surface area contributed by atoms with E-state index in [2.05, 4.69) is 39.5 Å².